The third kappa shape index (κ3) is 1.95. The lowest BCUT2D eigenvalue weighted by atomic mass is 10.00. The second kappa shape index (κ2) is 4.38. The number of para-hydroxylation sites is 1. The number of fused-ring (bicyclic) bond motifs is 1. The Morgan fingerprint density at radius 2 is 2.16 bits per heavy atom. The molecule has 2 aromatic rings. The average molecular weight is 259 g/mol. The van der Waals surface area contributed by atoms with Crippen LogP contribution in [0.25, 0.3) is 11.4 Å². The number of hydrogen-bond acceptors (Lipinski definition) is 4. The van der Waals surface area contributed by atoms with Gasteiger partial charge in [-0.2, -0.15) is 5.10 Å². The van der Waals surface area contributed by atoms with E-state index in [9.17, 15) is 15.0 Å². The maximum absolute atomic E-state index is 11.2. The lowest BCUT2D eigenvalue weighted by Gasteiger charge is -2.17. The number of carboxylic acids is 1. The van der Waals surface area contributed by atoms with Gasteiger partial charge in [-0.1, -0.05) is 12.1 Å². The SMILES string of the molecule is O=C(O)C1CCCn2nc(-c3ccccc3O)nc21. The summed E-state index contributed by atoms with van der Waals surface area (Å²) in [5.41, 5.74) is 0.522. The van der Waals surface area contributed by atoms with Crippen LogP contribution < -0.4 is 0 Å². The van der Waals surface area contributed by atoms with Gasteiger partial charge in [0.1, 0.15) is 17.5 Å². The number of aliphatic carboxylic acids is 1. The molecule has 1 atom stereocenters. The number of aryl methyl sites for hydroxylation is 1. The van der Waals surface area contributed by atoms with Crippen molar-refractivity contribution in [2.45, 2.75) is 25.3 Å². The molecule has 0 saturated carbocycles. The van der Waals surface area contributed by atoms with Crippen LogP contribution >= 0.6 is 0 Å². The molecule has 0 spiro atoms. The van der Waals surface area contributed by atoms with Crippen molar-refractivity contribution in [2.75, 3.05) is 0 Å². The first-order chi connectivity index (χ1) is 9.16. The summed E-state index contributed by atoms with van der Waals surface area (Å²) in [6.45, 7) is 0.666. The Bertz CT molecular complexity index is 636. The number of phenolic OH excluding ortho intramolecular Hbond substituents is 1. The number of nitrogens with zero attached hydrogens (tertiary/aromatic N) is 3. The highest BCUT2D eigenvalue weighted by atomic mass is 16.4. The first kappa shape index (κ1) is 11.7. The molecule has 2 heterocycles. The van der Waals surface area contributed by atoms with Crippen molar-refractivity contribution in [3.8, 4) is 17.1 Å². The summed E-state index contributed by atoms with van der Waals surface area (Å²) in [7, 11) is 0. The molecule has 0 aliphatic carbocycles. The third-order valence-corrected chi connectivity index (χ3v) is 3.32. The van der Waals surface area contributed by atoms with Gasteiger partial charge in [-0.3, -0.25) is 4.79 Å². The van der Waals surface area contributed by atoms with Crippen LogP contribution in [0.4, 0.5) is 0 Å². The van der Waals surface area contributed by atoms with Crippen molar-refractivity contribution in [2.24, 2.45) is 0 Å². The summed E-state index contributed by atoms with van der Waals surface area (Å²) < 4.78 is 1.63. The average Bonchev–Trinajstić information content (AvgIpc) is 2.82. The lowest BCUT2D eigenvalue weighted by Crippen LogP contribution is -2.22. The number of phenols is 1. The Hall–Kier alpha value is -2.37. The van der Waals surface area contributed by atoms with Crippen LogP contribution in [0.2, 0.25) is 0 Å². The van der Waals surface area contributed by atoms with E-state index in [2.05, 4.69) is 10.1 Å². The number of carbonyl (C=O) groups is 1. The van der Waals surface area contributed by atoms with E-state index in [4.69, 9.17) is 0 Å². The molecule has 0 bridgehead atoms. The minimum Gasteiger partial charge on any atom is -0.507 e. The van der Waals surface area contributed by atoms with Gasteiger partial charge >= 0.3 is 5.97 Å². The lowest BCUT2D eigenvalue weighted by molar-refractivity contribution is -0.139. The zero-order chi connectivity index (χ0) is 13.4. The minimum absolute atomic E-state index is 0.0947. The van der Waals surface area contributed by atoms with Gasteiger partial charge in [-0.25, -0.2) is 9.67 Å². The van der Waals surface area contributed by atoms with Gasteiger partial charge in [0.2, 0.25) is 0 Å². The molecule has 3 rings (SSSR count). The molecule has 1 aromatic carbocycles. The summed E-state index contributed by atoms with van der Waals surface area (Å²) in [5, 5.41) is 23.3. The van der Waals surface area contributed by atoms with Crippen molar-refractivity contribution in [1.29, 1.82) is 0 Å². The van der Waals surface area contributed by atoms with Crippen molar-refractivity contribution < 1.29 is 15.0 Å². The van der Waals surface area contributed by atoms with Crippen LogP contribution in [0.1, 0.15) is 24.6 Å². The molecular formula is C13H13N3O3. The first-order valence-electron chi connectivity index (χ1n) is 6.12. The standard InChI is InChI=1S/C13H13N3O3/c17-10-6-2-1-4-8(10)11-14-12-9(13(18)19)5-3-7-16(12)15-11/h1-2,4,6,9,17H,3,5,7H2,(H,18,19). The van der Waals surface area contributed by atoms with Gasteiger partial charge < -0.3 is 10.2 Å². The van der Waals surface area contributed by atoms with Crippen LogP contribution in [0.3, 0.4) is 0 Å². The van der Waals surface area contributed by atoms with Gasteiger partial charge in [0.25, 0.3) is 0 Å². The van der Waals surface area contributed by atoms with E-state index in [1.807, 2.05) is 0 Å². The van der Waals surface area contributed by atoms with Crippen LogP contribution in [0.5, 0.6) is 5.75 Å². The molecule has 0 amide bonds. The molecule has 1 aliphatic rings. The molecule has 1 aromatic heterocycles. The molecule has 0 fully saturated rings. The molecule has 19 heavy (non-hydrogen) atoms. The highest BCUT2D eigenvalue weighted by Crippen LogP contribution is 2.31. The van der Waals surface area contributed by atoms with E-state index in [1.165, 1.54) is 0 Å². The summed E-state index contributed by atoms with van der Waals surface area (Å²) in [5.74, 6) is -0.548. The second-order valence-corrected chi connectivity index (χ2v) is 4.57. The Labute approximate surface area is 109 Å². The summed E-state index contributed by atoms with van der Waals surface area (Å²) in [4.78, 5) is 15.5. The normalized spacial score (nSPS) is 18.0. The van der Waals surface area contributed by atoms with Gasteiger partial charge in [0.05, 0.1) is 5.56 Å². The fraction of sp³-hybridized carbons (Fsp3) is 0.308. The Kier molecular flexibility index (Phi) is 2.70. The quantitative estimate of drug-likeness (QED) is 0.855. The molecular weight excluding hydrogens is 246 g/mol. The molecule has 6 heteroatoms. The fourth-order valence-corrected chi connectivity index (χ4v) is 2.36. The Morgan fingerprint density at radius 1 is 1.37 bits per heavy atom. The van der Waals surface area contributed by atoms with E-state index >= 15 is 0 Å². The summed E-state index contributed by atoms with van der Waals surface area (Å²) in [6, 6.07) is 6.77. The molecule has 6 nitrogen and oxygen atoms in total. The van der Waals surface area contributed by atoms with E-state index in [0.717, 1.165) is 6.42 Å². The number of aromatic hydroxyl groups is 1. The van der Waals surface area contributed by atoms with E-state index < -0.39 is 11.9 Å². The van der Waals surface area contributed by atoms with Crippen LogP contribution in [0, 0.1) is 0 Å². The monoisotopic (exact) mass is 259 g/mol. The first-order valence-corrected chi connectivity index (χ1v) is 6.12. The number of rotatable bonds is 2. The number of hydrogen-bond donors (Lipinski definition) is 2. The summed E-state index contributed by atoms with van der Waals surface area (Å²) >= 11 is 0. The molecule has 1 unspecified atom stereocenters. The molecule has 98 valence electrons. The predicted molar refractivity (Wildman–Crippen MR) is 66.7 cm³/mol. The van der Waals surface area contributed by atoms with Crippen molar-refractivity contribution >= 4 is 5.97 Å². The molecule has 1 aliphatic heterocycles. The van der Waals surface area contributed by atoms with Crippen molar-refractivity contribution in [1.82, 2.24) is 14.8 Å². The number of carboxylic acid groups (broad SMARTS) is 1. The van der Waals surface area contributed by atoms with Crippen LogP contribution in [-0.2, 0) is 11.3 Å². The third-order valence-electron chi connectivity index (χ3n) is 3.32. The molecule has 0 radical (unpaired) electrons. The highest BCUT2D eigenvalue weighted by Gasteiger charge is 2.30. The smallest absolute Gasteiger partial charge is 0.314 e. The van der Waals surface area contributed by atoms with E-state index in [1.54, 1.807) is 28.9 Å². The van der Waals surface area contributed by atoms with E-state index in [0.29, 0.717) is 30.2 Å². The van der Waals surface area contributed by atoms with Gasteiger partial charge in [-0.05, 0) is 25.0 Å². The highest BCUT2D eigenvalue weighted by molar-refractivity contribution is 5.75. The molecule has 0 saturated heterocycles. The van der Waals surface area contributed by atoms with Crippen molar-refractivity contribution in [3.05, 3.63) is 30.1 Å². The van der Waals surface area contributed by atoms with Gasteiger partial charge in [0.15, 0.2) is 5.82 Å². The van der Waals surface area contributed by atoms with Gasteiger partial charge in [0, 0.05) is 6.54 Å². The maximum Gasteiger partial charge on any atom is 0.314 e. The number of aromatic nitrogens is 3. The summed E-state index contributed by atoms with van der Waals surface area (Å²) in [6.07, 6.45) is 1.35. The van der Waals surface area contributed by atoms with Crippen molar-refractivity contribution in [3.63, 3.8) is 0 Å². The van der Waals surface area contributed by atoms with Crippen LogP contribution in [0.15, 0.2) is 24.3 Å². The fourth-order valence-electron chi connectivity index (χ4n) is 2.36. The largest absolute Gasteiger partial charge is 0.507 e. The van der Waals surface area contributed by atoms with E-state index in [-0.39, 0.29) is 5.75 Å². The Balaban J connectivity index is 2.07. The minimum atomic E-state index is -0.878. The van der Waals surface area contributed by atoms with Crippen LogP contribution in [-0.4, -0.2) is 30.9 Å². The zero-order valence-corrected chi connectivity index (χ0v) is 10.2. The second-order valence-electron chi connectivity index (χ2n) is 4.57. The topological polar surface area (TPSA) is 88.2 Å². The zero-order valence-electron chi connectivity index (χ0n) is 10.2. The number of benzene rings is 1. The maximum atomic E-state index is 11.2. The predicted octanol–water partition coefficient (Wildman–Crippen LogP) is 1.61. The molecule has 2 N–H and O–H groups in total. The van der Waals surface area contributed by atoms with Gasteiger partial charge in [-0.15, -0.1) is 0 Å². The Morgan fingerprint density at radius 3 is 2.89 bits per heavy atom.